The number of amides is 3. The summed E-state index contributed by atoms with van der Waals surface area (Å²) in [4.78, 5) is 34.9. The maximum atomic E-state index is 13.0. The highest BCUT2D eigenvalue weighted by Crippen LogP contribution is 2.22. The van der Waals surface area contributed by atoms with Crippen molar-refractivity contribution in [1.29, 1.82) is 0 Å². The molecule has 2 aromatic carbocycles. The van der Waals surface area contributed by atoms with Crippen molar-refractivity contribution >= 4 is 29.0 Å². The molecule has 11 nitrogen and oxygen atoms in total. The number of carbonyl (C=O) groups excluding carboxylic acids is 2. The number of nitrogens with one attached hydrogen (secondary N) is 4. The van der Waals surface area contributed by atoms with E-state index in [0.29, 0.717) is 36.1 Å². The molecule has 0 aromatic heterocycles. The minimum absolute atomic E-state index is 0.117. The molecule has 42 heavy (non-hydrogen) atoms. The Bertz CT molecular complexity index is 1160. The first kappa shape index (κ1) is 30.2. The Morgan fingerprint density at radius 2 is 1.64 bits per heavy atom. The molecule has 2 aromatic rings. The minimum Gasteiger partial charge on any atom is -0.383 e. The summed E-state index contributed by atoms with van der Waals surface area (Å²) in [5, 5.41) is 13.1. The highest BCUT2D eigenvalue weighted by Gasteiger charge is 2.29. The Morgan fingerprint density at radius 1 is 0.929 bits per heavy atom. The number of hydrogen-bond acceptors (Lipinski definition) is 8. The first-order chi connectivity index (χ1) is 20.5. The Hall–Kier alpha value is -3.22. The molecule has 0 saturated carbocycles. The van der Waals surface area contributed by atoms with Crippen molar-refractivity contribution in [2.45, 2.75) is 31.6 Å². The van der Waals surface area contributed by atoms with E-state index in [1.807, 2.05) is 47.4 Å². The van der Waals surface area contributed by atoms with Gasteiger partial charge in [0, 0.05) is 88.1 Å². The lowest BCUT2D eigenvalue weighted by Gasteiger charge is -2.44. The van der Waals surface area contributed by atoms with Crippen molar-refractivity contribution in [2.75, 3.05) is 95.2 Å². The molecule has 1 atom stereocenters. The lowest BCUT2D eigenvalue weighted by atomic mass is 10.0. The van der Waals surface area contributed by atoms with Crippen molar-refractivity contribution < 1.29 is 14.3 Å². The Labute approximate surface area is 249 Å². The molecule has 3 aliphatic heterocycles. The summed E-state index contributed by atoms with van der Waals surface area (Å²) in [7, 11) is 3.87. The number of rotatable bonds is 9. The highest BCUT2D eigenvalue weighted by atomic mass is 16.5. The summed E-state index contributed by atoms with van der Waals surface area (Å²) < 4.78 is 5.13. The van der Waals surface area contributed by atoms with Gasteiger partial charge in [0.2, 0.25) is 0 Å². The summed E-state index contributed by atoms with van der Waals surface area (Å²) in [6, 6.07) is 15.5. The summed E-state index contributed by atoms with van der Waals surface area (Å²) in [6.07, 6.45) is 3.58. The number of piperidine rings is 1. The maximum Gasteiger partial charge on any atom is 0.321 e. The largest absolute Gasteiger partial charge is 0.383 e. The van der Waals surface area contributed by atoms with E-state index in [4.69, 9.17) is 4.74 Å². The zero-order chi connectivity index (χ0) is 29.3. The molecule has 3 heterocycles. The van der Waals surface area contributed by atoms with Gasteiger partial charge in [0.25, 0.3) is 5.91 Å². The van der Waals surface area contributed by atoms with E-state index in [9.17, 15) is 9.59 Å². The third kappa shape index (κ3) is 7.99. The third-order valence-corrected chi connectivity index (χ3v) is 8.48. The Balaban J connectivity index is 1.08. The zero-order valence-corrected chi connectivity index (χ0v) is 25.0. The number of carbonyl (C=O) groups is 2. The lowest BCUT2D eigenvalue weighted by molar-refractivity contribution is -0.00677. The fraction of sp³-hybridized carbons (Fsp3) is 0.548. The number of urea groups is 1. The first-order valence-electron chi connectivity index (χ1n) is 15.2. The third-order valence-electron chi connectivity index (χ3n) is 8.48. The van der Waals surface area contributed by atoms with E-state index >= 15 is 0 Å². The monoisotopic (exact) mass is 578 g/mol. The van der Waals surface area contributed by atoms with Crippen LogP contribution >= 0.6 is 0 Å². The number of anilines is 3. The van der Waals surface area contributed by atoms with Gasteiger partial charge < -0.3 is 30.5 Å². The fourth-order valence-corrected chi connectivity index (χ4v) is 6.03. The number of methoxy groups -OCH3 is 1. The molecule has 11 heteroatoms. The van der Waals surface area contributed by atoms with Gasteiger partial charge in [-0.1, -0.05) is 6.07 Å². The molecular formula is C31H46N8O3. The zero-order valence-electron chi connectivity index (χ0n) is 25.0. The van der Waals surface area contributed by atoms with Crippen molar-refractivity contribution in [1.82, 2.24) is 25.3 Å². The summed E-state index contributed by atoms with van der Waals surface area (Å²) >= 11 is 0. The van der Waals surface area contributed by atoms with Gasteiger partial charge in [-0.2, -0.15) is 0 Å². The van der Waals surface area contributed by atoms with Crippen LogP contribution in [0.25, 0.3) is 0 Å². The molecule has 0 radical (unpaired) electrons. The van der Waals surface area contributed by atoms with Crippen LogP contribution in [0.1, 0.15) is 29.6 Å². The molecule has 3 saturated heterocycles. The van der Waals surface area contributed by atoms with Crippen LogP contribution in [0.4, 0.5) is 21.9 Å². The number of piperazine rings is 1. The van der Waals surface area contributed by atoms with Crippen LogP contribution in [-0.2, 0) is 4.74 Å². The van der Waals surface area contributed by atoms with Gasteiger partial charge in [-0.3, -0.25) is 19.9 Å². The van der Waals surface area contributed by atoms with Crippen LogP contribution in [0.3, 0.4) is 0 Å². The number of hydrogen-bond donors (Lipinski definition) is 4. The van der Waals surface area contributed by atoms with Crippen molar-refractivity contribution in [3.8, 4) is 0 Å². The molecular weight excluding hydrogens is 532 g/mol. The molecule has 3 fully saturated rings. The predicted octanol–water partition coefficient (Wildman–Crippen LogP) is 2.50. The summed E-state index contributed by atoms with van der Waals surface area (Å²) in [5.41, 5.74) is 3.03. The molecule has 0 bridgehead atoms. The summed E-state index contributed by atoms with van der Waals surface area (Å²) in [6.45, 7) is 8.71. The lowest BCUT2D eigenvalue weighted by Crippen LogP contribution is -2.63. The summed E-state index contributed by atoms with van der Waals surface area (Å²) in [5.74, 6) is -0.177. The average molecular weight is 579 g/mol. The normalized spacial score (nSPS) is 20.9. The van der Waals surface area contributed by atoms with Crippen LogP contribution < -0.4 is 26.2 Å². The van der Waals surface area contributed by atoms with Gasteiger partial charge in [0.1, 0.15) is 6.29 Å². The second-order valence-corrected chi connectivity index (χ2v) is 11.4. The molecule has 5 rings (SSSR count). The fourth-order valence-electron chi connectivity index (χ4n) is 6.03. The van der Waals surface area contributed by atoms with Crippen LogP contribution in [-0.4, -0.2) is 119 Å². The standard InChI is InChI=1S/C31H46N8O3/c1-36-15-4-13-33-30(36)38-18-20-39(21-19-38)31(41)35-27-6-3-5-26(23-27)34-29(40)24-7-9-28(10-8-24)37-16-11-25(12-17-37)32-14-22-42-2/h3,5-10,23,25,30,32-33H,4,11-22H2,1-2H3,(H,34,40)(H,35,41). The second-order valence-electron chi connectivity index (χ2n) is 11.4. The number of benzene rings is 2. The molecule has 1 unspecified atom stereocenters. The van der Waals surface area contributed by atoms with Gasteiger partial charge in [0.05, 0.1) is 6.61 Å². The van der Waals surface area contributed by atoms with E-state index in [1.54, 1.807) is 13.2 Å². The van der Waals surface area contributed by atoms with E-state index in [1.165, 1.54) is 0 Å². The van der Waals surface area contributed by atoms with Gasteiger partial charge in [-0.25, -0.2) is 4.79 Å². The Morgan fingerprint density at radius 3 is 2.33 bits per heavy atom. The Kier molecular flexibility index (Phi) is 10.7. The van der Waals surface area contributed by atoms with Crippen LogP contribution in [0.5, 0.6) is 0 Å². The predicted molar refractivity (Wildman–Crippen MR) is 167 cm³/mol. The smallest absolute Gasteiger partial charge is 0.321 e. The second kappa shape index (κ2) is 14.8. The maximum absolute atomic E-state index is 13.0. The van der Waals surface area contributed by atoms with Crippen molar-refractivity contribution in [2.24, 2.45) is 0 Å². The first-order valence-corrected chi connectivity index (χ1v) is 15.2. The molecule has 228 valence electrons. The van der Waals surface area contributed by atoms with Crippen LogP contribution in [0.15, 0.2) is 48.5 Å². The van der Waals surface area contributed by atoms with Gasteiger partial charge in [-0.05, 0) is 75.3 Å². The van der Waals surface area contributed by atoms with Crippen molar-refractivity contribution in [3.63, 3.8) is 0 Å². The molecule has 3 aliphatic rings. The van der Waals surface area contributed by atoms with Crippen molar-refractivity contribution in [3.05, 3.63) is 54.1 Å². The van der Waals surface area contributed by atoms with Gasteiger partial charge in [-0.15, -0.1) is 0 Å². The molecule has 0 aliphatic carbocycles. The average Bonchev–Trinajstić information content (AvgIpc) is 3.02. The molecule has 0 spiro atoms. The SMILES string of the molecule is COCCNC1CCN(c2ccc(C(=O)Nc3cccc(NC(=O)N4CCN(C5NCCCN5C)CC4)c3)cc2)CC1. The van der Waals surface area contributed by atoms with Gasteiger partial charge in [0.15, 0.2) is 0 Å². The van der Waals surface area contributed by atoms with E-state index in [2.05, 4.69) is 43.0 Å². The van der Waals surface area contributed by atoms with Gasteiger partial charge >= 0.3 is 6.03 Å². The quantitative estimate of drug-likeness (QED) is 0.337. The minimum atomic E-state index is -0.177. The van der Waals surface area contributed by atoms with E-state index in [0.717, 1.165) is 77.4 Å². The van der Waals surface area contributed by atoms with Crippen LogP contribution in [0.2, 0.25) is 0 Å². The molecule has 3 amide bonds. The van der Waals surface area contributed by atoms with Crippen LogP contribution in [0, 0.1) is 0 Å². The number of ether oxygens (including phenoxy) is 1. The molecule has 4 N–H and O–H groups in total. The number of nitrogens with zero attached hydrogens (tertiary/aromatic N) is 4. The van der Waals surface area contributed by atoms with E-state index < -0.39 is 0 Å². The van der Waals surface area contributed by atoms with E-state index in [-0.39, 0.29) is 18.2 Å². The topological polar surface area (TPSA) is 104 Å². The highest BCUT2D eigenvalue weighted by molar-refractivity contribution is 6.04.